The summed E-state index contributed by atoms with van der Waals surface area (Å²) >= 11 is 0. The Hall–Kier alpha value is -1.66. The van der Waals surface area contributed by atoms with Crippen molar-refractivity contribution in [3.05, 3.63) is 41.5 Å². The van der Waals surface area contributed by atoms with E-state index in [0.29, 0.717) is 23.7 Å². The van der Waals surface area contributed by atoms with Crippen molar-refractivity contribution in [2.75, 3.05) is 31.6 Å². The van der Waals surface area contributed by atoms with Crippen LogP contribution in [0.5, 0.6) is 0 Å². The summed E-state index contributed by atoms with van der Waals surface area (Å²) in [6.07, 6.45) is 1.82. The minimum Gasteiger partial charge on any atom is -0.408 e. The number of hydrogen-bond acceptors (Lipinski definition) is 5. The molecule has 0 aliphatic carbocycles. The van der Waals surface area contributed by atoms with E-state index in [1.54, 1.807) is 12.1 Å². The van der Waals surface area contributed by atoms with Crippen LogP contribution in [0, 0.1) is 17.7 Å². The van der Waals surface area contributed by atoms with Gasteiger partial charge < -0.3 is 9.32 Å². The Labute approximate surface area is 153 Å². The van der Waals surface area contributed by atoms with E-state index in [4.69, 9.17) is 4.42 Å². The summed E-state index contributed by atoms with van der Waals surface area (Å²) in [5, 5.41) is 8.34. The van der Waals surface area contributed by atoms with Crippen molar-refractivity contribution in [1.29, 1.82) is 0 Å². The Balaban J connectivity index is 0.00000182. The predicted molar refractivity (Wildman–Crippen MR) is 96.5 cm³/mol. The van der Waals surface area contributed by atoms with Crippen molar-refractivity contribution in [1.82, 2.24) is 15.1 Å². The zero-order chi connectivity index (χ0) is 16.7. The Bertz CT molecular complexity index is 725. The van der Waals surface area contributed by atoms with Gasteiger partial charge in [0.2, 0.25) is 5.89 Å². The second-order valence-corrected chi connectivity index (χ2v) is 7.00. The third-order valence-electron chi connectivity index (χ3n) is 5.28. The number of likely N-dealkylation sites (tertiary alicyclic amines) is 1. The number of aryl methyl sites for hydroxylation is 1. The molecule has 0 spiro atoms. The smallest absolute Gasteiger partial charge is 0.318 e. The number of nitrogens with zero attached hydrogens (tertiary/aromatic N) is 4. The third kappa shape index (κ3) is 3.37. The van der Waals surface area contributed by atoms with Crippen molar-refractivity contribution in [3.8, 4) is 0 Å². The Kier molecular flexibility index (Phi) is 5.29. The maximum absolute atomic E-state index is 13.6. The van der Waals surface area contributed by atoms with Crippen molar-refractivity contribution < 1.29 is 8.81 Å². The monoisotopic (exact) mass is 366 g/mol. The molecule has 2 aliphatic heterocycles. The number of rotatable bonds is 4. The fourth-order valence-corrected chi connectivity index (χ4v) is 4.29. The number of aromatic nitrogens is 2. The largest absolute Gasteiger partial charge is 0.408 e. The summed E-state index contributed by atoms with van der Waals surface area (Å²) in [7, 11) is 2.13. The van der Waals surface area contributed by atoms with Gasteiger partial charge in [0.1, 0.15) is 5.82 Å². The lowest BCUT2D eigenvalue weighted by molar-refractivity contribution is 0.278. The highest BCUT2D eigenvalue weighted by atomic mass is 35.5. The van der Waals surface area contributed by atoms with Crippen LogP contribution in [0.15, 0.2) is 28.7 Å². The zero-order valence-corrected chi connectivity index (χ0v) is 15.4. The molecule has 2 aliphatic rings. The van der Waals surface area contributed by atoms with E-state index in [9.17, 15) is 4.39 Å². The second-order valence-electron chi connectivity index (χ2n) is 7.00. The van der Waals surface area contributed by atoms with Crippen molar-refractivity contribution in [3.63, 3.8) is 0 Å². The van der Waals surface area contributed by atoms with Gasteiger partial charge >= 0.3 is 6.01 Å². The molecule has 7 heteroatoms. The van der Waals surface area contributed by atoms with Crippen LogP contribution >= 0.6 is 12.4 Å². The first-order valence-corrected chi connectivity index (χ1v) is 8.68. The quantitative estimate of drug-likeness (QED) is 0.830. The molecule has 3 atom stereocenters. The molecule has 25 heavy (non-hydrogen) atoms. The van der Waals surface area contributed by atoms with E-state index in [-0.39, 0.29) is 24.3 Å². The number of halogens is 2. The average Bonchev–Trinajstić information content (AvgIpc) is 3.21. The molecule has 0 N–H and O–H groups in total. The number of anilines is 1. The molecule has 0 amide bonds. The molecule has 4 rings (SSSR count). The standard InChI is InChI=1S/C18H23FN4O.ClH/c1-3-5-16-20-21-18(24-16)23-10-13-9-22(2)17(15(13)11-23)12-6-4-7-14(19)8-12;/h4,6-8,13,15,17H,3,5,9-11H2,1-2H3;1H/t13-,15+,17-;/m0./s1. The third-order valence-corrected chi connectivity index (χ3v) is 5.28. The SMILES string of the molecule is CCCc1nnc(N2C[C@@H]3CN(C)[C@@H](c4cccc(F)c4)[C@@H]3C2)o1.Cl. The fourth-order valence-electron chi connectivity index (χ4n) is 4.29. The van der Waals surface area contributed by atoms with Crippen LogP contribution in [0.3, 0.4) is 0 Å². The van der Waals surface area contributed by atoms with Gasteiger partial charge in [-0.2, -0.15) is 0 Å². The number of benzene rings is 1. The van der Waals surface area contributed by atoms with E-state index in [1.807, 2.05) is 6.07 Å². The summed E-state index contributed by atoms with van der Waals surface area (Å²) < 4.78 is 19.4. The van der Waals surface area contributed by atoms with Crippen LogP contribution in [0.1, 0.15) is 30.8 Å². The molecule has 3 heterocycles. The molecule has 1 aromatic heterocycles. The Morgan fingerprint density at radius 3 is 2.84 bits per heavy atom. The molecule has 0 bridgehead atoms. The van der Waals surface area contributed by atoms with Crippen molar-refractivity contribution >= 4 is 18.4 Å². The summed E-state index contributed by atoms with van der Waals surface area (Å²) in [5.74, 6) is 1.55. The van der Waals surface area contributed by atoms with E-state index in [1.165, 1.54) is 6.07 Å². The predicted octanol–water partition coefficient (Wildman–Crippen LogP) is 3.32. The van der Waals surface area contributed by atoms with Crippen LogP contribution in [-0.2, 0) is 6.42 Å². The minimum absolute atomic E-state index is 0. The van der Waals surface area contributed by atoms with Gasteiger partial charge in [-0.3, -0.25) is 4.90 Å². The molecular weight excluding hydrogens is 343 g/mol. The molecule has 2 saturated heterocycles. The van der Waals surface area contributed by atoms with Crippen molar-refractivity contribution in [2.24, 2.45) is 11.8 Å². The Morgan fingerprint density at radius 2 is 2.08 bits per heavy atom. The van der Waals surface area contributed by atoms with Gasteiger partial charge in [-0.1, -0.05) is 24.2 Å². The lowest BCUT2D eigenvalue weighted by Gasteiger charge is -2.26. The Morgan fingerprint density at radius 1 is 1.24 bits per heavy atom. The summed E-state index contributed by atoms with van der Waals surface area (Å²) in [5.41, 5.74) is 1.06. The van der Waals surface area contributed by atoms with Gasteiger partial charge in [-0.15, -0.1) is 17.5 Å². The normalized spacial score (nSPS) is 25.9. The second kappa shape index (κ2) is 7.30. The summed E-state index contributed by atoms with van der Waals surface area (Å²) in [4.78, 5) is 4.54. The summed E-state index contributed by atoms with van der Waals surface area (Å²) in [6.45, 7) is 4.92. The van der Waals surface area contributed by atoms with Gasteiger partial charge in [0.15, 0.2) is 0 Å². The lowest BCUT2D eigenvalue weighted by Crippen LogP contribution is -2.29. The van der Waals surface area contributed by atoms with Gasteiger partial charge in [-0.25, -0.2) is 4.39 Å². The van der Waals surface area contributed by atoms with Crippen LogP contribution in [0.4, 0.5) is 10.4 Å². The van der Waals surface area contributed by atoms with Crippen LogP contribution < -0.4 is 4.90 Å². The van der Waals surface area contributed by atoms with Gasteiger partial charge in [0.05, 0.1) is 0 Å². The first-order valence-electron chi connectivity index (χ1n) is 8.68. The van der Waals surface area contributed by atoms with E-state index < -0.39 is 0 Å². The highest BCUT2D eigenvalue weighted by molar-refractivity contribution is 5.85. The number of fused-ring (bicyclic) bond motifs is 1. The zero-order valence-electron chi connectivity index (χ0n) is 14.6. The van der Waals surface area contributed by atoms with Crippen molar-refractivity contribution in [2.45, 2.75) is 25.8 Å². The van der Waals surface area contributed by atoms with E-state index >= 15 is 0 Å². The number of hydrogen-bond donors (Lipinski definition) is 0. The molecule has 0 saturated carbocycles. The summed E-state index contributed by atoms with van der Waals surface area (Å²) in [6, 6.07) is 7.87. The fraction of sp³-hybridized carbons (Fsp3) is 0.556. The van der Waals surface area contributed by atoms with E-state index in [0.717, 1.165) is 38.0 Å². The minimum atomic E-state index is -0.166. The van der Waals surface area contributed by atoms with Gasteiger partial charge in [0.25, 0.3) is 0 Å². The first-order chi connectivity index (χ1) is 11.7. The van der Waals surface area contributed by atoms with Gasteiger partial charge in [0, 0.05) is 38.0 Å². The molecule has 2 aromatic rings. The maximum Gasteiger partial charge on any atom is 0.318 e. The highest BCUT2D eigenvalue weighted by Gasteiger charge is 2.47. The molecule has 136 valence electrons. The lowest BCUT2D eigenvalue weighted by atomic mass is 9.89. The average molecular weight is 367 g/mol. The molecule has 1 aromatic carbocycles. The topological polar surface area (TPSA) is 45.4 Å². The van der Waals surface area contributed by atoms with Crippen LogP contribution in [0.2, 0.25) is 0 Å². The van der Waals surface area contributed by atoms with Crippen LogP contribution in [0.25, 0.3) is 0 Å². The highest BCUT2D eigenvalue weighted by Crippen LogP contribution is 2.44. The first kappa shape index (κ1) is 18.1. The molecule has 0 radical (unpaired) electrons. The maximum atomic E-state index is 13.6. The van der Waals surface area contributed by atoms with Gasteiger partial charge in [-0.05, 0) is 37.1 Å². The molecular formula is C18H24ClFN4O. The molecule has 5 nitrogen and oxygen atoms in total. The van der Waals surface area contributed by atoms with Crippen LogP contribution in [-0.4, -0.2) is 41.8 Å². The van der Waals surface area contributed by atoms with E-state index in [2.05, 4.69) is 34.0 Å². The molecule has 0 unspecified atom stereocenters. The molecule has 2 fully saturated rings.